The molecule has 0 aliphatic heterocycles. The summed E-state index contributed by atoms with van der Waals surface area (Å²) in [5.74, 6) is 0.0888. The lowest BCUT2D eigenvalue weighted by atomic mass is 10.0. The van der Waals surface area contributed by atoms with E-state index in [2.05, 4.69) is 10.0 Å². The molecular weight excluding hydrogens is 388 g/mol. The van der Waals surface area contributed by atoms with E-state index in [0.717, 1.165) is 24.0 Å². The van der Waals surface area contributed by atoms with E-state index in [4.69, 9.17) is 0 Å². The maximum absolute atomic E-state index is 12.3. The molecule has 3 rings (SSSR count). The zero-order valence-electron chi connectivity index (χ0n) is 16.7. The van der Waals surface area contributed by atoms with Gasteiger partial charge in [-0.3, -0.25) is 9.59 Å². The molecule has 1 amide bonds. The summed E-state index contributed by atoms with van der Waals surface area (Å²) in [6.45, 7) is 4.40. The fraction of sp³-hybridized carbons (Fsp3) is 0.364. The van der Waals surface area contributed by atoms with E-state index < -0.39 is 10.0 Å². The number of amides is 1. The molecule has 0 bridgehead atoms. The van der Waals surface area contributed by atoms with E-state index in [9.17, 15) is 18.0 Å². The van der Waals surface area contributed by atoms with Crippen molar-refractivity contribution in [3.63, 3.8) is 0 Å². The predicted octanol–water partition coefficient (Wildman–Crippen LogP) is 3.59. The number of rotatable bonds is 9. The first-order chi connectivity index (χ1) is 13.7. The third-order valence-electron chi connectivity index (χ3n) is 5.12. The minimum absolute atomic E-state index is 0.0642. The highest BCUT2D eigenvalue weighted by Gasteiger charge is 2.24. The van der Waals surface area contributed by atoms with Crippen LogP contribution in [0.2, 0.25) is 0 Å². The van der Waals surface area contributed by atoms with Crippen molar-refractivity contribution in [2.24, 2.45) is 5.92 Å². The Hall–Kier alpha value is -2.51. The first-order valence-corrected chi connectivity index (χ1v) is 11.2. The number of Topliss-reactive ketones (excluding diaryl/α,β-unsaturated/α-hetero) is 1. The van der Waals surface area contributed by atoms with Gasteiger partial charge in [0.25, 0.3) is 0 Å². The van der Waals surface area contributed by atoms with Gasteiger partial charge in [0.1, 0.15) is 0 Å². The largest absolute Gasteiger partial charge is 0.326 e. The van der Waals surface area contributed by atoms with Crippen molar-refractivity contribution < 1.29 is 18.0 Å². The molecule has 29 heavy (non-hydrogen) atoms. The van der Waals surface area contributed by atoms with Gasteiger partial charge in [0.15, 0.2) is 5.78 Å². The molecule has 1 fully saturated rings. The minimum Gasteiger partial charge on any atom is -0.326 e. The van der Waals surface area contributed by atoms with Crippen molar-refractivity contribution in [2.45, 2.75) is 44.4 Å². The van der Waals surface area contributed by atoms with Gasteiger partial charge in [0.2, 0.25) is 15.9 Å². The summed E-state index contributed by atoms with van der Waals surface area (Å²) in [5, 5.41) is 2.70. The number of sulfonamides is 1. The fourth-order valence-corrected chi connectivity index (χ4v) is 3.98. The van der Waals surface area contributed by atoms with Crippen molar-refractivity contribution in [3.05, 3.63) is 59.2 Å². The van der Waals surface area contributed by atoms with E-state index in [0.29, 0.717) is 23.7 Å². The maximum Gasteiger partial charge on any atom is 0.240 e. The van der Waals surface area contributed by atoms with Crippen LogP contribution in [0.15, 0.2) is 47.4 Å². The Bertz CT molecular complexity index is 1010. The van der Waals surface area contributed by atoms with Crippen LogP contribution in [0.5, 0.6) is 0 Å². The molecule has 0 radical (unpaired) electrons. The highest BCUT2D eigenvalue weighted by molar-refractivity contribution is 7.89. The molecular formula is C22H26N2O4S. The molecule has 1 saturated carbocycles. The Balaban J connectivity index is 1.51. The van der Waals surface area contributed by atoms with Gasteiger partial charge in [-0.2, -0.15) is 0 Å². The smallest absolute Gasteiger partial charge is 0.240 e. The first-order valence-electron chi connectivity index (χ1n) is 9.74. The molecule has 1 aliphatic rings. The molecule has 154 valence electrons. The predicted molar refractivity (Wildman–Crippen MR) is 112 cm³/mol. The van der Waals surface area contributed by atoms with Crippen molar-refractivity contribution in [1.82, 2.24) is 4.72 Å². The van der Waals surface area contributed by atoms with E-state index in [1.54, 1.807) is 18.2 Å². The van der Waals surface area contributed by atoms with Crippen LogP contribution in [0.25, 0.3) is 0 Å². The summed E-state index contributed by atoms with van der Waals surface area (Å²) in [6.07, 6.45) is 2.32. The number of carbonyl (C=O) groups excluding carboxylic acids is 2. The molecule has 1 aliphatic carbocycles. The zero-order chi connectivity index (χ0) is 21.0. The zero-order valence-corrected chi connectivity index (χ0v) is 17.5. The van der Waals surface area contributed by atoms with Crippen LogP contribution in [0.3, 0.4) is 0 Å². The Morgan fingerprint density at radius 3 is 2.28 bits per heavy atom. The number of aryl methyl sites for hydroxylation is 2. The van der Waals surface area contributed by atoms with E-state index in [1.165, 1.54) is 12.1 Å². The molecule has 0 unspecified atom stereocenters. The second-order valence-corrected chi connectivity index (χ2v) is 9.36. The van der Waals surface area contributed by atoms with Gasteiger partial charge in [0.05, 0.1) is 4.90 Å². The molecule has 0 atom stereocenters. The van der Waals surface area contributed by atoms with Crippen LogP contribution in [-0.2, 0) is 14.8 Å². The SMILES string of the molecule is Cc1ccc(C(=O)CCC(=O)Nc2ccc(S(=O)(=O)NCC3CC3)cc2)cc1C. The summed E-state index contributed by atoms with van der Waals surface area (Å²) in [6, 6.07) is 11.5. The van der Waals surface area contributed by atoms with Crippen molar-refractivity contribution in [3.8, 4) is 0 Å². The average molecular weight is 415 g/mol. The molecule has 0 saturated heterocycles. The van der Waals surface area contributed by atoms with Crippen LogP contribution in [0.4, 0.5) is 5.69 Å². The summed E-state index contributed by atoms with van der Waals surface area (Å²) in [4.78, 5) is 24.6. The number of anilines is 1. The van der Waals surface area contributed by atoms with Gasteiger partial charge < -0.3 is 5.32 Å². The lowest BCUT2D eigenvalue weighted by Gasteiger charge is -2.09. The number of benzene rings is 2. The number of nitrogens with one attached hydrogen (secondary N) is 2. The Kier molecular flexibility index (Phi) is 6.49. The first kappa shape index (κ1) is 21.2. The van der Waals surface area contributed by atoms with Crippen LogP contribution in [0, 0.1) is 19.8 Å². The van der Waals surface area contributed by atoms with Crippen molar-refractivity contribution in [2.75, 3.05) is 11.9 Å². The highest BCUT2D eigenvalue weighted by Crippen LogP contribution is 2.28. The van der Waals surface area contributed by atoms with Gasteiger partial charge >= 0.3 is 0 Å². The van der Waals surface area contributed by atoms with Gasteiger partial charge in [-0.05, 0) is 74.1 Å². The number of hydrogen-bond acceptors (Lipinski definition) is 4. The lowest BCUT2D eigenvalue weighted by Crippen LogP contribution is -2.25. The second-order valence-electron chi connectivity index (χ2n) is 7.59. The Morgan fingerprint density at radius 2 is 1.66 bits per heavy atom. The van der Waals surface area contributed by atoms with E-state index in [1.807, 2.05) is 26.0 Å². The molecule has 0 heterocycles. The van der Waals surface area contributed by atoms with Gasteiger partial charge in [-0.15, -0.1) is 0 Å². The normalized spacial score (nSPS) is 13.9. The third kappa shape index (κ3) is 5.98. The summed E-state index contributed by atoms with van der Waals surface area (Å²) in [7, 11) is -3.53. The van der Waals surface area contributed by atoms with Crippen LogP contribution in [-0.4, -0.2) is 26.7 Å². The fourth-order valence-electron chi connectivity index (χ4n) is 2.86. The highest BCUT2D eigenvalue weighted by atomic mass is 32.2. The monoisotopic (exact) mass is 414 g/mol. The maximum atomic E-state index is 12.3. The van der Waals surface area contributed by atoms with Crippen molar-refractivity contribution in [1.29, 1.82) is 0 Å². The minimum atomic E-state index is -3.53. The molecule has 2 aromatic rings. The molecule has 0 aromatic heterocycles. The molecule has 7 heteroatoms. The molecule has 0 spiro atoms. The van der Waals surface area contributed by atoms with Crippen LogP contribution < -0.4 is 10.0 Å². The number of carbonyl (C=O) groups is 2. The quantitative estimate of drug-likeness (QED) is 0.613. The standard InChI is InChI=1S/C22H26N2O4S/c1-15-3-6-18(13-16(15)2)21(25)11-12-22(26)24-19-7-9-20(10-8-19)29(27,28)23-14-17-4-5-17/h3,6-10,13,17,23H,4-5,11-12,14H2,1-2H3,(H,24,26). The van der Waals surface area contributed by atoms with Gasteiger partial charge in [-0.25, -0.2) is 13.1 Å². The summed E-state index contributed by atoms with van der Waals surface area (Å²) < 4.78 is 27.0. The van der Waals surface area contributed by atoms with Crippen LogP contribution in [0.1, 0.15) is 47.2 Å². The third-order valence-corrected chi connectivity index (χ3v) is 6.55. The van der Waals surface area contributed by atoms with Crippen LogP contribution >= 0.6 is 0 Å². The topological polar surface area (TPSA) is 92.3 Å². The summed E-state index contributed by atoms with van der Waals surface area (Å²) in [5.41, 5.74) is 3.26. The number of ketones is 1. The van der Waals surface area contributed by atoms with E-state index in [-0.39, 0.29) is 29.4 Å². The lowest BCUT2D eigenvalue weighted by molar-refractivity contribution is -0.116. The average Bonchev–Trinajstić information content (AvgIpc) is 3.52. The molecule has 2 aromatic carbocycles. The summed E-state index contributed by atoms with van der Waals surface area (Å²) >= 11 is 0. The Morgan fingerprint density at radius 1 is 0.966 bits per heavy atom. The van der Waals surface area contributed by atoms with Gasteiger partial charge in [-0.1, -0.05) is 12.1 Å². The molecule has 2 N–H and O–H groups in total. The van der Waals surface area contributed by atoms with E-state index >= 15 is 0 Å². The molecule has 6 nitrogen and oxygen atoms in total. The Labute approximate surface area is 171 Å². The van der Waals surface area contributed by atoms with Gasteiger partial charge in [0, 0.05) is 30.6 Å². The van der Waals surface area contributed by atoms with Crippen molar-refractivity contribution >= 4 is 27.4 Å². The number of hydrogen-bond donors (Lipinski definition) is 2. The second kappa shape index (κ2) is 8.88.